The maximum atomic E-state index is 3.71. The molecule has 1 aliphatic rings. The summed E-state index contributed by atoms with van der Waals surface area (Å²) in [5.74, 6) is 0.669. The van der Waals surface area contributed by atoms with Gasteiger partial charge < -0.3 is 10.2 Å². The van der Waals surface area contributed by atoms with Crippen LogP contribution in [0.5, 0.6) is 0 Å². The van der Waals surface area contributed by atoms with Crippen molar-refractivity contribution in [3.8, 4) is 0 Å². The van der Waals surface area contributed by atoms with Crippen LogP contribution in [0.4, 0.5) is 5.69 Å². The molecule has 1 aliphatic heterocycles. The molecule has 0 aliphatic carbocycles. The van der Waals surface area contributed by atoms with Crippen molar-refractivity contribution in [3.63, 3.8) is 0 Å². The highest BCUT2D eigenvalue weighted by molar-refractivity contribution is 5.68. The van der Waals surface area contributed by atoms with E-state index in [0.29, 0.717) is 5.92 Å². The molecule has 0 atom stereocenters. The second-order valence-electron chi connectivity index (χ2n) is 12.0. The van der Waals surface area contributed by atoms with Crippen LogP contribution in [0, 0.1) is 16.7 Å². The van der Waals surface area contributed by atoms with Crippen LogP contribution >= 0.6 is 0 Å². The monoisotopic (exact) mass is 372 g/mol. The van der Waals surface area contributed by atoms with Crippen molar-refractivity contribution in [2.75, 3.05) is 18.0 Å². The molecule has 0 saturated heterocycles. The molecule has 0 spiro atoms. The van der Waals surface area contributed by atoms with Gasteiger partial charge in [0.25, 0.3) is 0 Å². The summed E-state index contributed by atoms with van der Waals surface area (Å²) in [6.45, 7) is 29.3. The molecule has 0 saturated carbocycles. The van der Waals surface area contributed by atoms with Crippen LogP contribution in [0.3, 0.4) is 0 Å². The minimum Gasteiger partial charge on any atom is -0.366 e. The summed E-state index contributed by atoms with van der Waals surface area (Å²) < 4.78 is 0. The quantitative estimate of drug-likeness (QED) is 0.659. The van der Waals surface area contributed by atoms with E-state index >= 15 is 0 Å². The van der Waals surface area contributed by atoms with Crippen molar-refractivity contribution in [1.82, 2.24) is 5.32 Å². The van der Waals surface area contributed by atoms with Crippen LogP contribution in [0.25, 0.3) is 0 Å². The predicted octanol–water partition coefficient (Wildman–Crippen LogP) is 6.38. The first-order valence-electron chi connectivity index (χ1n) is 10.7. The fourth-order valence-corrected chi connectivity index (χ4v) is 5.30. The van der Waals surface area contributed by atoms with Crippen LogP contribution in [0.15, 0.2) is 18.2 Å². The SMILES string of the molecule is CC(C)CNCc1cccc2c1C(C(C)(C)C)(C(C)(C)C)CN2C(C)(C)C. The first-order valence-corrected chi connectivity index (χ1v) is 10.7. The molecular formula is C25H44N2. The van der Waals surface area contributed by atoms with Crippen molar-refractivity contribution in [2.45, 2.75) is 93.7 Å². The summed E-state index contributed by atoms with van der Waals surface area (Å²) >= 11 is 0. The summed E-state index contributed by atoms with van der Waals surface area (Å²) in [5.41, 5.74) is 5.02. The Kier molecular flexibility index (Phi) is 5.86. The molecular weight excluding hydrogens is 328 g/mol. The molecule has 0 amide bonds. The molecule has 2 heteroatoms. The van der Waals surface area contributed by atoms with Gasteiger partial charge in [0, 0.05) is 29.7 Å². The Hall–Kier alpha value is -1.02. The highest BCUT2D eigenvalue weighted by Crippen LogP contribution is 2.61. The smallest absolute Gasteiger partial charge is 0.0413 e. The van der Waals surface area contributed by atoms with Gasteiger partial charge in [0.2, 0.25) is 0 Å². The fourth-order valence-electron chi connectivity index (χ4n) is 5.30. The van der Waals surface area contributed by atoms with Gasteiger partial charge in [-0.1, -0.05) is 67.5 Å². The fraction of sp³-hybridized carbons (Fsp3) is 0.760. The topological polar surface area (TPSA) is 15.3 Å². The van der Waals surface area contributed by atoms with Crippen molar-refractivity contribution in [1.29, 1.82) is 0 Å². The van der Waals surface area contributed by atoms with Gasteiger partial charge in [-0.05, 0) is 61.3 Å². The van der Waals surface area contributed by atoms with Crippen molar-refractivity contribution in [3.05, 3.63) is 29.3 Å². The Labute approximate surface area is 169 Å². The maximum Gasteiger partial charge on any atom is 0.0413 e. The summed E-state index contributed by atoms with van der Waals surface area (Å²) in [5, 5.41) is 3.71. The van der Waals surface area contributed by atoms with Crippen molar-refractivity contribution < 1.29 is 0 Å². The summed E-state index contributed by atoms with van der Waals surface area (Å²) in [7, 11) is 0. The number of nitrogens with one attached hydrogen (secondary N) is 1. The Bertz CT molecular complexity index is 636. The van der Waals surface area contributed by atoms with Crippen LogP contribution < -0.4 is 10.2 Å². The molecule has 0 radical (unpaired) electrons. The van der Waals surface area contributed by atoms with Gasteiger partial charge >= 0.3 is 0 Å². The summed E-state index contributed by atoms with van der Waals surface area (Å²) in [4.78, 5) is 2.66. The highest BCUT2D eigenvalue weighted by Gasteiger charge is 2.58. The average Bonchev–Trinajstić information content (AvgIpc) is 2.83. The third-order valence-corrected chi connectivity index (χ3v) is 6.48. The van der Waals surface area contributed by atoms with Gasteiger partial charge in [0.15, 0.2) is 0 Å². The molecule has 154 valence electrons. The van der Waals surface area contributed by atoms with Crippen molar-refractivity contribution in [2.24, 2.45) is 16.7 Å². The lowest BCUT2D eigenvalue weighted by Gasteiger charge is -2.53. The molecule has 1 aromatic carbocycles. The van der Waals surface area contributed by atoms with Crippen LogP contribution in [0.2, 0.25) is 0 Å². The molecule has 0 aromatic heterocycles. The standard InChI is InChI=1S/C25H44N2/c1-18(2)15-26-16-19-13-12-14-20-21(19)25(22(3,4)5,23(6,7)8)17-27(20)24(9,10)11/h12-14,18,26H,15-17H2,1-11H3. The molecule has 1 aromatic rings. The second kappa shape index (κ2) is 7.10. The molecule has 1 heterocycles. The Morgan fingerprint density at radius 1 is 0.963 bits per heavy atom. The van der Waals surface area contributed by atoms with Gasteiger partial charge in [-0.25, -0.2) is 0 Å². The maximum absolute atomic E-state index is 3.71. The Morgan fingerprint density at radius 3 is 1.96 bits per heavy atom. The van der Waals surface area contributed by atoms with E-state index in [4.69, 9.17) is 0 Å². The number of nitrogens with zero attached hydrogens (tertiary/aromatic N) is 1. The first kappa shape index (κ1) is 22.3. The van der Waals surface area contributed by atoms with Gasteiger partial charge in [0.1, 0.15) is 0 Å². The Balaban J connectivity index is 2.71. The highest BCUT2D eigenvalue weighted by atomic mass is 15.2. The zero-order valence-electron chi connectivity index (χ0n) is 19.9. The normalized spacial score (nSPS) is 17.6. The van der Waals surface area contributed by atoms with Gasteiger partial charge in [-0.3, -0.25) is 0 Å². The number of hydrogen-bond acceptors (Lipinski definition) is 2. The van der Waals surface area contributed by atoms with Gasteiger partial charge in [0.05, 0.1) is 0 Å². The van der Waals surface area contributed by atoms with E-state index < -0.39 is 0 Å². The van der Waals surface area contributed by atoms with E-state index in [0.717, 1.165) is 19.6 Å². The van der Waals surface area contributed by atoms with Gasteiger partial charge in [-0.2, -0.15) is 0 Å². The molecule has 0 fully saturated rings. The first-order chi connectivity index (χ1) is 12.1. The number of anilines is 1. The summed E-state index contributed by atoms with van der Waals surface area (Å²) in [6.07, 6.45) is 0. The molecule has 27 heavy (non-hydrogen) atoms. The third kappa shape index (κ3) is 3.92. The average molecular weight is 373 g/mol. The number of benzene rings is 1. The lowest BCUT2D eigenvalue weighted by atomic mass is 9.51. The predicted molar refractivity (Wildman–Crippen MR) is 121 cm³/mol. The van der Waals surface area contributed by atoms with Crippen LogP contribution in [-0.2, 0) is 12.0 Å². The number of fused-ring (bicyclic) bond motifs is 1. The largest absolute Gasteiger partial charge is 0.366 e. The van der Waals surface area contributed by atoms with Crippen LogP contribution in [-0.4, -0.2) is 18.6 Å². The van der Waals surface area contributed by atoms with E-state index in [-0.39, 0.29) is 21.8 Å². The van der Waals surface area contributed by atoms with E-state index in [9.17, 15) is 0 Å². The van der Waals surface area contributed by atoms with Gasteiger partial charge in [-0.15, -0.1) is 0 Å². The molecule has 0 unspecified atom stereocenters. The summed E-state index contributed by atoms with van der Waals surface area (Å²) in [6, 6.07) is 6.96. The lowest BCUT2D eigenvalue weighted by molar-refractivity contribution is 0.0627. The second-order valence-corrected chi connectivity index (χ2v) is 12.0. The lowest BCUT2D eigenvalue weighted by Crippen LogP contribution is -2.55. The van der Waals surface area contributed by atoms with E-state index in [1.165, 1.54) is 11.3 Å². The molecule has 0 bridgehead atoms. The van der Waals surface area contributed by atoms with E-state index in [2.05, 4.69) is 105 Å². The third-order valence-electron chi connectivity index (χ3n) is 6.48. The van der Waals surface area contributed by atoms with Crippen molar-refractivity contribution >= 4 is 5.69 Å². The molecule has 1 N–H and O–H groups in total. The molecule has 2 rings (SSSR count). The van der Waals surface area contributed by atoms with E-state index in [1.54, 1.807) is 5.56 Å². The minimum absolute atomic E-state index is 0.0959. The zero-order valence-corrected chi connectivity index (χ0v) is 19.9. The zero-order chi connectivity index (χ0) is 20.8. The van der Waals surface area contributed by atoms with E-state index in [1.807, 2.05) is 0 Å². The molecule has 2 nitrogen and oxygen atoms in total. The van der Waals surface area contributed by atoms with Crippen LogP contribution in [0.1, 0.15) is 87.3 Å². The number of hydrogen-bond donors (Lipinski definition) is 1. The minimum atomic E-state index is 0.0959. The Morgan fingerprint density at radius 2 is 1.52 bits per heavy atom. The number of rotatable bonds is 4.